The zero-order valence-electron chi connectivity index (χ0n) is 11.4. The van der Waals surface area contributed by atoms with E-state index in [1.165, 1.54) is 0 Å². The van der Waals surface area contributed by atoms with Gasteiger partial charge in [0.05, 0.1) is 11.4 Å². The Morgan fingerprint density at radius 2 is 2.25 bits per heavy atom. The first-order valence-corrected chi connectivity index (χ1v) is 7.91. The molecule has 0 atom stereocenters. The SMILES string of the molecule is CCn1cc(S(=O)(=O)NCCn2cccn2)cc1CN. The first kappa shape index (κ1) is 14.8. The summed E-state index contributed by atoms with van der Waals surface area (Å²) in [6.45, 7) is 3.73. The molecule has 2 aromatic rings. The fourth-order valence-corrected chi connectivity index (χ4v) is 3.03. The van der Waals surface area contributed by atoms with Crippen molar-refractivity contribution in [2.24, 2.45) is 5.73 Å². The molecule has 7 nitrogen and oxygen atoms in total. The van der Waals surface area contributed by atoms with Crippen LogP contribution in [0.3, 0.4) is 0 Å². The monoisotopic (exact) mass is 297 g/mol. The van der Waals surface area contributed by atoms with Gasteiger partial charge in [-0.1, -0.05) is 0 Å². The number of aromatic nitrogens is 3. The van der Waals surface area contributed by atoms with Gasteiger partial charge in [-0.15, -0.1) is 0 Å². The quantitative estimate of drug-likeness (QED) is 0.760. The molecule has 0 bridgehead atoms. The molecule has 2 heterocycles. The number of rotatable bonds is 7. The fraction of sp³-hybridized carbons (Fsp3) is 0.417. The Morgan fingerprint density at radius 3 is 2.80 bits per heavy atom. The minimum absolute atomic E-state index is 0.250. The molecule has 0 unspecified atom stereocenters. The second kappa shape index (κ2) is 6.21. The zero-order valence-corrected chi connectivity index (χ0v) is 12.2. The molecular weight excluding hydrogens is 278 g/mol. The summed E-state index contributed by atoms with van der Waals surface area (Å²) in [4.78, 5) is 0.250. The molecule has 0 saturated heterocycles. The lowest BCUT2D eigenvalue weighted by Gasteiger charge is -2.05. The highest BCUT2D eigenvalue weighted by molar-refractivity contribution is 7.89. The highest BCUT2D eigenvalue weighted by atomic mass is 32.2. The molecule has 0 aliphatic carbocycles. The summed E-state index contributed by atoms with van der Waals surface area (Å²) in [6.07, 6.45) is 5.05. The van der Waals surface area contributed by atoms with E-state index in [-0.39, 0.29) is 4.90 Å². The van der Waals surface area contributed by atoms with E-state index in [0.717, 1.165) is 5.69 Å². The molecule has 2 aromatic heterocycles. The van der Waals surface area contributed by atoms with Gasteiger partial charge in [-0.25, -0.2) is 13.1 Å². The van der Waals surface area contributed by atoms with E-state index in [1.54, 1.807) is 35.4 Å². The van der Waals surface area contributed by atoms with E-state index >= 15 is 0 Å². The summed E-state index contributed by atoms with van der Waals surface area (Å²) in [5.74, 6) is 0. The molecule has 2 rings (SSSR count). The maximum atomic E-state index is 12.2. The number of hydrogen-bond acceptors (Lipinski definition) is 4. The van der Waals surface area contributed by atoms with E-state index in [9.17, 15) is 8.42 Å². The summed E-state index contributed by atoms with van der Waals surface area (Å²) >= 11 is 0. The smallest absolute Gasteiger partial charge is 0.242 e. The highest BCUT2D eigenvalue weighted by Gasteiger charge is 2.17. The number of nitrogens with zero attached hydrogens (tertiary/aromatic N) is 3. The van der Waals surface area contributed by atoms with Crippen molar-refractivity contribution in [3.05, 3.63) is 36.4 Å². The van der Waals surface area contributed by atoms with Gasteiger partial charge in [0.1, 0.15) is 0 Å². The first-order valence-electron chi connectivity index (χ1n) is 6.43. The zero-order chi connectivity index (χ0) is 14.6. The molecule has 110 valence electrons. The van der Waals surface area contributed by atoms with E-state index < -0.39 is 10.0 Å². The van der Waals surface area contributed by atoms with Gasteiger partial charge in [0.15, 0.2) is 0 Å². The van der Waals surface area contributed by atoms with Crippen molar-refractivity contribution in [1.29, 1.82) is 0 Å². The summed E-state index contributed by atoms with van der Waals surface area (Å²) in [5, 5.41) is 4.01. The van der Waals surface area contributed by atoms with Crippen molar-refractivity contribution in [3.8, 4) is 0 Å². The molecule has 0 fully saturated rings. The van der Waals surface area contributed by atoms with Crippen LogP contribution in [-0.2, 0) is 29.7 Å². The second-order valence-electron chi connectivity index (χ2n) is 4.32. The molecule has 0 spiro atoms. The third-order valence-corrected chi connectivity index (χ3v) is 4.44. The van der Waals surface area contributed by atoms with Gasteiger partial charge in [-0.05, 0) is 19.1 Å². The van der Waals surface area contributed by atoms with Crippen LogP contribution in [0, 0.1) is 0 Å². The molecule has 0 aromatic carbocycles. The standard InChI is InChI=1S/C12H19N5O2S/c1-2-16-10-12(8-11(16)9-13)20(18,19)15-5-7-17-6-3-4-14-17/h3-4,6,8,10,15H,2,5,7,9,13H2,1H3. The van der Waals surface area contributed by atoms with E-state index in [1.807, 2.05) is 11.5 Å². The minimum Gasteiger partial charge on any atom is -0.349 e. The van der Waals surface area contributed by atoms with Gasteiger partial charge in [0.25, 0.3) is 0 Å². The molecule has 20 heavy (non-hydrogen) atoms. The van der Waals surface area contributed by atoms with Crippen LogP contribution in [-0.4, -0.2) is 29.3 Å². The minimum atomic E-state index is -3.50. The number of hydrogen-bond donors (Lipinski definition) is 2. The lowest BCUT2D eigenvalue weighted by molar-refractivity contribution is 0.560. The van der Waals surface area contributed by atoms with Gasteiger partial charge >= 0.3 is 0 Å². The van der Waals surface area contributed by atoms with E-state index in [2.05, 4.69) is 9.82 Å². The van der Waals surface area contributed by atoms with Crippen LogP contribution in [0.25, 0.3) is 0 Å². The number of nitrogens with two attached hydrogens (primary N) is 1. The molecule has 3 N–H and O–H groups in total. The lowest BCUT2D eigenvalue weighted by Crippen LogP contribution is -2.27. The van der Waals surface area contributed by atoms with Gasteiger partial charge in [-0.3, -0.25) is 4.68 Å². The Labute approximate surface area is 118 Å². The summed E-state index contributed by atoms with van der Waals surface area (Å²) < 4.78 is 30.4. The number of sulfonamides is 1. The van der Waals surface area contributed by atoms with E-state index in [4.69, 9.17) is 5.73 Å². The summed E-state index contributed by atoms with van der Waals surface area (Å²) in [6, 6.07) is 3.41. The molecule has 8 heteroatoms. The second-order valence-corrected chi connectivity index (χ2v) is 6.09. The van der Waals surface area contributed by atoms with Crippen molar-refractivity contribution in [2.45, 2.75) is 31.5 Å². The maximum absolute atomic E-state index is 12.2. The normalized spacial score (nSPS) is 11.9. The lowest BCUT2D eigenvalue weighted by atomic mass is 10.4. The summed E-state index contributed by atoms with van der Waals surface area (Å²) in [7, 11) is -3.50. The van der Waals surface area contributed by atoms with Gasteiger partial charge in [0, 0.05) is 43.9 Å². The van der Waals surface area contributed by atoms with E-state index in [0.29, 0.717) is 26.2 Å². The maximum Gasteiger partial charge on any atom is 0.242 e. The average molecular weight is 297 g/mol. The van der Waals surface area contributed by atoms with Crippen molar-refractivity contribution in [2.75, 3.05) is 6.54 Å². The van der Waals surface area contributed by atoms with Crippen LogP contribution in [0.2, 0.25) is 0 Å². The molecular formula is C12H19N5O2S. The number of aryl methyl sites for hydroxylation is 1. The molecule has 0 radical (unpaired) electrons. The fourth-order valence-electron chi connectivity index (χ4n) is 1.95. The molecule has 0 aliphatic rings. The third-order valence-electron chi connectivity index (χ3n) is 3.01. The van der Waals surface area contributed by atoms with Crippen LogP contribution in [0.1, 0.15) is 12.6 Å². The summed E-state index contributed by atoms with van der Waals surface area (Å²) in [5.41, 5.74) is 6.40. The van der Waals surface area contributed by atoms with Crippen molar-refractivity contribution < 1.29 is 8.42 Å². The Kier molecular flexibility index (Phi) is 4.58. The Morgan fingerprint density at radius 1 is 1.45 bits per heavy atom. The average Bonchev–Trinajstić information content (AvgIpc) is 3.07. The largest absolute Gasteiger partial charge is 0.349 e. The highest BCUT2D eigenvalue weighted by Crippen LogP contribution is 2.14. The van der Waals surface area contributed by atoms with Crippen LogP contribution in [0.5, 0.6) is 0 Å². The molecule has 0 aliphatic heterocycles. The van der Waals surface area contributed by atoms with Crippen LogP contribution in [0.15, 0.2) is 35.6 Å². The molecule has 0 saturated carbocycles. The number of nitrogens with one attached hydrogen (secondary N) is 1. The Hall–Kier alpha value is -1.64. The topological polar surface area (TPSA) is 94.9 Å². The predicted octanol–water partition coefficient (Wildman–Crippen LogP) is 0.142. The van der Waals surface area contributed by atoms with Gasteiger partial charge in [0.2, 0.25) is 10.0 Å². The van der Waals surface area contributed by atoms with Crippen LogP contribution < -0.4 is 10.5 Å². The van der Waals surface area contributed by atoms with Gasteiger partial charge < -0.3 is 10.3 Å². The molecule has 0 amide bonds. The van der Waals surface area contributed by atoms with Gasteiger partial charge in [-0.2, -0.15) is 5.10 Å². The predicted molar refractivity (Wildman–Crippen MR) is 75.4 cm³/mol. The first-order chi connectivity index (χ1) is 9.56. The van der Waals surface area contributed by atoms with Crippen LogP contribution >= 0.6 is 0 Å². The third kappa shape index (κ3) is 3.27. The van der Waals surface area contributed by atoms with Crippen molar-refractivity contribution in [3.63, 3.8) is 0 Å². The Bertz CT molecular complexity index is 624. The van der Waals surface area contributed by atoms with Crippen molar-refractivity contribution in [1.82, 2.24) is 19.1 Å². The van der Waals surface area contributed by atoms with Crippen LogP contribution in [0.4, 0.5) is 0 Å². The Balaban J connectivity index is 2.04. The van der Waals surface area contributed by atoms with Crippen molar-refractivity contribution >= 4 is 10.0 Å².